The molecule has 0 saturated carbocycles. The van der Waals surface area contributed by atoms with Gasteiger partial charge in [0.25, 0.3) is 5.91 Å². The van der Waals surface area contributed by atoms with Gasteiger partial charge in [0.05, 0.1) is 38.3 Å². The molecule has 0 bridgehead atoms. The van der Waals surface area contributed by atoms with Crippen LogP contribution in [0.5, 0.6) is 11.5 Å². The topological polar surface area (TPSA) is 114 Å². The van der Waals surface area contributed by atoms with Crippen molar-refractivity contribution in [3.63, 3.8) is 0 Å². The molecule has 0 unspecified atom stereocenters. The number of benzene rings is 2. The Morgan fingerprint density at radius 3 is 2.44 bits per heavy atom. The second-order valence-electron chi connectivity index (χ2n) is 11.1. The van der Waals surface area contributed by atoms with Crippen molar-refractivity contribution < 1.29 is 42.0 Å². The molecular formula is C31H29F4N3O5. The summed E-state index contributed by atoms with van der Waals surface area (Å²) >= 11 is 0. The number of hydrogen-bond acceptors (Lipinski definition) is 7. The number of pyridine rings is 2. The molecule has 5 rings (SSSR count). The van der Waals surface area contributed by atoms with Gasteiger partial charge in [-0.15, -0.1) is 0 Å². The summed E-state index contributed by atoms with van der Waals surface area (Å²) in [6, 6.07) is 10.6. The fraction of sp³-hybridized carbons (Fsp3) is 0.323. The van der Waals surface area contributed by atoms with Crippen LogP contribution in [0.1, 0.15) is 46.7 Å². The van der Waals surface area contributed by atoms with Gasteiger partial charge in [0.15, 0.2) is 0 Å². The van der Waals surface area contributed by atoms with Crippen LogP contribution in [0.25, 0.3) is 22.2 Å². The van der Waals surface area contributed by atoms with Crippen molar-refractivity contribution in [1.82, 2.24) is 15.3 Å². The van der Waals surface area contributed by atoms with E-state index in [2.05, 4.69) is 15.3 Å². The van der Waals surface area contributed by atoms with E-state index in [1.54, 1.807) is 26.8 Å². The Morgan fingerprint density at radius 1 is 1.12 bits per heavy atom. The van der Waals surface area contributed by atoms with Gasteiger partial charge < -0.3 is 25.0 Å². The van der Waals surface area contributed by atoms with Crippen LogP contribution in [0.15, 0.2) is 48.5 Å². The first-order valence-electron chi connectivity index (χ1n) is 13.3. The summed E-state index contributed by atoms with van der Waals surface area (Å²) in [4.78, 5) is 21.7. The van der Waals surface area contributed by atoms with Crippen LogP contribution >= 0.6 is 0 Å². The van der Waals surface area contributed by atoms with Gasteiger partial charge in [0, 0.05) is 27.5 Å². The van der Waals surface area contributed by atoms with Gasteiger partial charge in [-0.2, -0.15) is 13.2 Å². The van der Waals surface area contributed by atoms with Crippen molar-refractivity contribution in [3.05, 3.63) is 82.4 Å². The number of aliphatic hydroxyl groups is 2. The zero-order valence-electron chi connectivity index (χ0n) is 23.8. The summed E-state index contributed by atoms with van der Waals surface area (Å²) in [6.07, 6.45) is -5.26. The number of aromatic nitrogens is 2. The minimum atomic E-state index is -5.26. The van der Waals surface area contributed by atoms with Crippen LogP contribution in [0.3, 0.4) is 0 Å². The molecule has 1 aliphatic heterocycles. The Hall–Kier alpha value is -4.29. The molecule has 3 heterocycles. The van der Waals surface area contributed by atoms with Crippen molar-refractivity contribution in [2.24, 2.45) is 0 Å². The van der Waals surface area contributed by atoms with E-state index in [-0.39, 0.29) is 36.0 Å². The highest BCUT2D eigenvalue weighted by atomic mass is 19.4. The standard InChI is InChI=1S/C31H29F4N3O5/c1-16-9-18-10-19(11-23(42-4)25(18)37-22(16)13-39)28(40)36-14-30(41,31(33,34)35)24-12-21-27(43-15-29(21,2)3)26(38-24)17-5-7-20(32)8-6-17/h5-12,39,41H,13-15H2,1-4H3,(H,36,40)/t30-/m0/s1. The fourth-order valence-electron chi connectivity index (χ4n) is 5.02. The molecule has 0 spiro atoms. The largest absolute Gasteiger partial charge is 0.494 e. The minimum Gasteiger partial charge on any atom is -0.494 e. The molecule has 1 atom stereocenters. The molecule has 1 aliphatic rings. The molecule has 3 N–H and O–H groups in total. The molecule has 4 aromatic rings. The molecule has 0 radical (unpaired) electrons. The lowest BCUT2D eigenvalue weighted by Gasteiger charge is -2.31. The Balaban J connectivity index is 1.55. The van der Waals surface area contributed by atoms with Crippen LogP contribution in [0.2, 0.25) is 0 Å². The number of aryl methyl sites for hydroxylation is 1. The number of methoxy groups -OCH3 is 1. The first-order chi connectivity index (χ1) is 20.2. The highest BCUT2D eigenvalue weighted by Gasteiger charge is 2.57. The predicted octanol–water partition coefficient (Wildman–Crippen LogP) is 5.10. The number of amides is 1. The first kappa shape index (κ1) is 30.2. The van der Waals surface area contributed by atoms with E-state index in [0.29, 0.717) is 33.3 Å². The summed E-state index contributed by atoms with van der Waals surface area (Å²) in [7, 11) is 1.35. The average molecular weight is 600 g/mol. The average Bonchev–Trinajstić information content (AvgIpc) is 3.28. The van der Waals surface area contributed by atoms with Crippen molar-refractivity contribution in [3.8, 4) is 22.8 Å². The number of nitrogens with one attached hydrogen (secondary N) is 1. The molecule has 12 heteroatoms. The van der Waals surface area contributed by atoms with Crippen LogP contribution in [0, 0.1) is 12.7 Å². The maximum atomic E-state index is 14.6. The molecule has 0 aliphatic carbocycles. The minimum absolute atomic E-state index is 0.0106. The summed E-state index contributed by atoms with van der Waals surface area (Å²) in [5.41, 5.74) is -2.99. The van der Waals surface area contributed by atoms with Gasteiger partial charge in [0.1, 0.15) is 28.5 Å². The van der Waals surface area contributed by atoms with E-state index in [4.69, 9.17) is 9.47 Å². The lowest BCUT2D eigenvalue weighted by molar-refractivity contribution is -0.265. The quantitative estimate of drug-likeness (QED) is 0.254. The SMILES string of the molecule is COc1cc(C(=O)NC[C@](O)(c2cc3c(c(-c4ccc(F)cc4)n2)OCC3(C)C)C(F)(F)F)cc2cc(C)c(CO)nc12. The Labute approximate surface area is 244 Å². The second kappa shape index (κ2) is 10.8. The van der Waals surface area contributed by atoms with E-state index >= 15 is 0 Å². The predicted molar refractivity (Wildman–Crippen MR) is 149 cm³/mol. The molecule has 8 nitrogen and oxygen atoms in total. The summed E-state index contributed by atoms with van der Waals surface area (Å²) in [5.74, 6) is -1.03. The molecule has 43 heavy (non-hydrogen) atoms. The van der Waals surface area contributed by atoms with Gasteiger partial charge >= 0.3 is 6.18 Å². The Morgan fingerprint density at radius 2 is 1.81 bits per heavy atom. The number of alkyl halides is 3. The molecule has 1 amide bonds. The molecule has 0 fully saturated rings. The number of hydrogen-bond donors (Lipinski definition) is 3. The summed E-state index contributed by atoms with van der Waals surface area (Å²) in [6.45, 7) is 3.85. The monoisotopic (exact) mass is 599 g/mol. The highest BCUT2D eigenvalue weighted by Crippen LogP contribution is 2.47. The van der Waals surface area contributed by atoms with Crippen molar-refractivity contribution in [2.75, 3.05) is 20.3 Å². The second-order valence-corrected chi connectivity index (χ2v) is 11.1. The van der Waals surface area contributed by atoms with E-state index in [1.807, 2.05) is 0 Å². The number of ether oxygens (including phenoxy) is 2. The number of halogens is 4. The van der Waals surface area contributed by atoms with E-state index < -0.39 is 41.2 Å². The van der Waals surface area contributed by atoms with Gasteiger partial charge in [-0.05, 0) is 61.0 Å². The van der Waals surface area contributed by atoms with Crippen LogP contribution in [-0.2, 0) is 17.6 Å². The lowest BCUT2D eigenvalue weighted by atomic mass is 9.84. The first-order valence-corrected chi connectivity index (χ1v) is 13.3. The van der Waals surface area contributed by atoms with Crippen LogP contribution < -0.4 is 14.8 Å². The third-order valence-corrected chi connectivity index (χ3v) is 7.60. The lowest BCUT2D eigenvalue weighted by Crippen LogP contribution is -2.51. The normalized spacial score (nSPS) is 15.5. The number of carbonyl (C=O) groups excluding carboxylic acids is 1. The Bertz CT molecular complexity index is 1720. The number of carbonyl (C=O) groups is 1. The van der Waals surface area contributed by atoms with Gasteiger partial charge in [-0.3, -0.25) is 4.79 Å². The van der Waals surface area contributed by atoms with Crippen molar-refractivity contribution >= 4 is 16.8 Å². The third-order valence-electron chi connectivity index (χ3n) is 7.60. The summed E-state index contributed by atoms with van der Waals surface area (Å²) < 4.78 is 68.7. The molecular weight excluding hydrogens is 570 g/mol. The van der Waals surface area contributed by atoms with Crippen molar-refractivity contribution in [1.29, 1.82) is 0 Å². The van der Waals surface area contributed by atoms with E-state index in [0.717, 1.165) is 18.2 Å². The van der Waals surface area contributed by atoms with Gasteiger partial charge in [-0.1, -0.05) is 13.8 Å². The summed E-state index contributed by atoms with van der Waals surface area (Å²) in [5, 5.41) is 23.5. The van der Waals surface area contributed by atoms with E-state index in [1.165, 1.54) is 31.4 Å². The number of nitrogens with zero attached hydrogens (tertiary/aromatic N) is 2. The fourth-order valence-corrected chi connectivity index (χ4v) is 5.02. The zero-order valence-corrected chi connectivity index (χ0v) is 23.8. The zero-order chi connectivity index (χ0) is 31.3. The smallest absolute Gasteiger partial charge is 0.424 e. The van der Waals surface area contributed by atoms with Crippen LogP contribution in [0.4, 0.5) is 17.6 Å². The molecule has 2 aromatic carbocycles. The maximum Gasteiger partial charge on any atom is 0.424 e. The Kier molecular flexibility index (Phi) is 7.55. The van der Waals surface area contributed by atoms with Gasteiger partial charge in [0.2, 0.25) is 5.60 Å². The maximum absolute atomic E-state index is 14.6. The van der Waals surface area contributed by atoms with Crippen molar-refractivity contribution in [2.45, 2.75) is 44.6 Å². The number of aliphatic hydroxyl groups excluding tert-OH is 1. The highest BCUT2D eigenvalue weighted by molar-refractivity contribution is 6.00. The van der Waals surface area contributed by atoms with Gasteiger partial charge in [-0.25, -0.2) is 14.4 Å². The molecule has 2 aromatic heterocycles. The molecule has 226 valence electrons. The molecule has 0 saturated heterocycles. The van der Waals surface area contributed by atoms with E-state index in [9.17, 15) is 32.6 Å². The van der Waals surface area contributed by atoms with Crippen LogP contribution in [-0.4, -0.2) is 52.5 Å². The number of fused-ring (bicyclic) bond motifs is 2. The third kappa shape index (κ3) is 5.36. The number of rotatable bonds is 7.